The minimum Gasteiger partial charge on any atom is -0.449 e. The molecule has 0 N–H and O–H groups in total. The fourth-order valence-electron chi connectivity index (χ4n) is 3.03. The van der Waals surface area contributed by atoms with Gasteiger partial charge in [0.2, 0.25) is 0 Å². The van der Waals surface area contributed by atoms with Crippen LogP contribution in [0.25, 0.3) is 11.1 Å². The Hall–Kier alpha value is -2.94. The summed E-state index contributed by atoms with van der Waals surface area (Å²) in [6, 6.07) is 21.5. The van der Waals surface area contributed by atoms with E-state index in [1.165, 1.54) is 12.1 Å². The van der Waals surface area contributed by atoms with Crippen LogP contribution in [0.15, 0.2) is 72.8 Å². The third-order valence-corrected chi connectivity index (χ3v) is 4.10. The lowest BCUT2D eigenvalue weighted by atomic mass is 10.1. The van der Waals surface area contributed by atoms with Crippen molar-refractivity contribution in [3.8, 4) is 11.1 Å². The number of ether oxygens (including phenoxy) is 1. The molecule has 0 bridgehead atoms. The number of carbonyl (C=O) groups is 1. The molecule has 3 aromatic rings. The molecule has 2 nitrogen and oxygen atoms in total. The molecule has 3 heteroatoms. The maximum atomic E-state index is 13.8. The summed E-state index contributed by atoms with van der Waals surface area (Å²) < 4.78 is 19.5. The zero-order valence-corrected chi connectivity index (χ0v) is 12.2. The maximum absolute atomic E-state index is 13.8. The number of hydrogen-bond donors (Lipinski definition) is 0. The smallest absolute Gasteiger partial charge is 0.342 e. The van der Waals surface area contributed by atoms with Gasteiger partial charge in [-0.05, 0) is 23.3 Å². The summed E-state index contributed by atoms with van der Waals surface area (Å²) in [5, 5.41) is 0. The first kappa shape index (κ1) is 13.7. The van der Waals surface area contributed by atoms with Crippen LogP contribution < -0.4 is 0 Å². The monoisotopic (exact) mass is 304 g/mol. The lowest BCUT2D eigenvalue weighted by Crippen LogP contribution is -2.12. The third kappa shape index (κ3) is 2.21. The predicted molar refractivity (Wildman–Crippen MR) is 85.5 cm³/mol. The molecule has 0 amide bonds. The van der Waals surface area contributed by atoms with Gasteiger partial charge in [0.15, 0.2) is 6.10 Å². The van der Waals surface area contributed by atoms with E-state index in [9.17, 15) is 9.18 Å². The van der Waals surface area contributed by atoms with Crippen LogP contribution in [-0.2, 0) is 4.74 Å². The van der Waals surface area contributed by atoms with Gasteiger partial charge in [-0.15, -0.1) is 0 Å². The number of esters is 1. The lowest BCUT2D eigenvalue weighted by Gasteiger charge is -2.15. The van der Waals surface area contributed by atoms with Gasteiger partial charge < -0.3 is 4.74 Å². The Morgan fingerprint density at radius 3 is 1.91 bits per heavy atom. The molecule has 112 valence electrons. The fraction of sp³-hybridized carbons (Fsp3) is 0.0500. The maximum Gasteiger partial charge on any atom is 0.342 e. The van der Waals surface area contributed by atoms with Gasteiger partial charge in [0.05, 0.1) is 5.56 Å². The van der Waals surface area contributed by atoms with Crippen LogP contribution in [0.4, 0.5) is 4.39 Å². The molecule has 0 aromatic heterocycles. The Balaban J connectivity index is 1.75. The standard InChI is InChI=1S/C20H13FO2/c21-18-12-6-5-11-17(18)20(22)23-19-15-9-3-1-7-13(15)14-8-2-4-10-16(14)19/h1-12,19H. The molecule has 4 rings (SSSR count). The molecule has 0 saturated heterocycles. The average molecular weight is 304 g/mol. The molecule has 0 heterocycles. The number of carbonyl (C=O) groups excluding carboxylic acids is 1. The van der Waals surface area contributed by atoms with E-state index in [2.05, 4.69) is 0 Å². The normalized spacial score (nSPS) is 12.6. The van der Waals surface area contributed by atoms with Crippen LogP contribution in [-0.4, -0.2) is 5.97 Å². The molecule has 0 unspecified atom stereocenters. The van der Waals surface area contributed by atoms with Gasteiger partial charge >= 0.3 is 5.97 Å². The van der Waals surface area contributed by atoms with Crippen LogP contribution >= 0.6 is 0 Å². The van der Waals surface area contributed by atoms with Crippen molar-refractivity contribution >= 4 is 5.97 Å². The minimum absolute atomic E-state index is 0.0469. The number of benzene rings is 3. The molecule has 0 saturated carbocycles. The average Bonchev–Trinajstić information content (AvgIpc) is 2.90. The van der Waals surface area contributed by atoms with Crippen LogP contribution in [0.5, 0.6) is 0 Å². The molecule has 0 spiro atoms. The highest BCUT2D eigenvalue weighted by Gasteiger charge is 2.31. The van der Waals surface area contributed by atoms with Crippen molar-refractivity contribution in [1.29, 1.82) is 0 Å². The summed E-state index contributed by atoms with van der Waals surface area (Å²) in [6.07, 6.45) is -0.505. The van der Waals surface area contributed by atoms with E-state index in [0.717, 1.165) is 22.3 Å². The SMILES string of the molecule is O=C(OC1c2ccccc2-c2ccccc21)c1ccccc1F. The quantitative estimate of drug-likeness (QED) is 0.638. The topological polar surface area (TPSA) is 26.3 Å². The summed E-state index contributed by atoms with van der Waals surface area (Å²) in [5.74, 6) is -1.23. The first-order chi connectivity index (χ1) is 11.3. The van der Waals surface area contributed by atoms with Crippen LogP contribution in [0.2, 0.25) is 0 Å². The predicted octanol–water partition coefficient (Wildman–Crippen LogP) is 4.75. The Kier molecular flexibility index (Phi) is 3.19. The van der Waals surface area contributed by atoms with Crippen molar-refractivity contribution in [2.24, 2.45) is 0 Å². The van der Waals surface area contributed by atoms with E-state index in [0.29, 0.717) is 0 Å². The van der Waals surface area contributed by atoms with E-state index < -0.39 is 17.9 Å². The zero-order valence-electron chi connectivity index (χ0n) is 12.2. The van der Waals surface area contributed by atoms with E-state index >= 15 is 0 Å². The van der Waals surface area contributed by atoms with Gasteiger partial charge in [0, 0.05) is 11.1 Å². The van der Waals surface area contributed by atoms with Gasteiger partial charge in [-0.1, -0.05) is 60.7 Å². The number of fused-ring (bicyclic) bond motifs is 3. The van der Waals surface area contributed by atoms with Crippen molar-refractivity contribution in [3.63, 3.8) is 0 Å². The summed E-state index contributed by atoms with van der Waals surface area (Å²) >= 11 is 0. The fourth-order valence-corrected chi connectivity index (χ4v) is 3.03. The number of halogens is 1. The minimum atomic E-state index is -0.653. The van der Waals surface area contributed by atoms with E-state index in [1.807, 2.05) is 48.5 Å². The molecule has 1 aliphatic rings. The Bertz CT molecular complexity index is 856. The van der Waals surface area contributed by atoms with Crippen molar-refractivity contribution in [2.45, 2.75) is 6.10 Å². The zero-order chi connectivity index (χ0) is 15.8. The first-order valence-corrected chi connectivity index (χ1v) is 7.39. The van der Waals surface area contributed by atoms with Crippen molar-refractivity contribution in [2.75, 3.05) is 0 Å². The molecule has 0 fully saturated rings. The molecule has 0 radical (unpaired) electrons. The van der Waals surface area contributed by atoms with Gasteiger partial charge in [-0.3, -0.25) is 0 Å². The first-order valence-electron chi connectivity index (χ1n) is 7.39. The van der Waals surface area contributed by atoms with Gasteiger partial charge in [-0.25, -0.2) is 9.18 Å². The van der Waals surface area contributed by atoms with E-state index in [-0.39, 0.29) is 5.56 Å². The van der Waals surface area contributed by atoms with Crippen LogP contribution in [0.1, 0.15) is 27.6 Å². The summed E-state index contributed by atoms with van der Waals surface area (Å²) in [7, 11) is 0. The molecule has 0 aliphatic heterocycles. The van der Waals surface area contributed by atoms with E-state index in [4.69, 9.17) is 4.74 Å². The largest absolute Gasteiger partial charge is 0.449 e. The van der Waals surface area contributed by atoms with Crippen molar-refractivity contribution < 1.29 is 13.9 Å². The lowest BCUT2D eigenvalue weighted by molar-refractivity contribution is 0.0380. The highest BCUT2D eigenvalue weighted by atomic mass is 19.1. The second-order valence-corrected chi connectivity index (χ2v) is 5.44. The van der Waals surface area contributed by atoms with E-state index in [1.54, 1.807) is 12.1 Å². The Labute approximate surface area is 133 Å². The van der Waals surface area contributed by atoms with Crippen LogP contribution in [0.3, 0.4) is 0 Å². The molecule has 1 aliphatic carbocycles. The van der Waals surface area contributed by atoms with Gasteiger partial charge in [0.25, 0.3) is 0 Å². The summed E-state index contributed by atoms with van der Waals surface area (Å²) in [6.45, 7) is 0. The van der Waals surface area contributed by atoms with Crippen molar-refractivity contribution in [1.82, 2.24) is 0 Å². The highest BCUT2D eigenvalue weighted by molar-refractivity contribution is 5.91. The van der Waals surface area contributed by atoms with Crippen molar-refractivity contribution in [3.05, 3.63) is 95.3 Å². The number of rotatable bonds is 2. The second-order valence-electron chi connectivity index (χ2n) is 5.44. The molecular weight excluding hydrogens is 291 g/mol. The summed E-state index contributed by atoms with van der Waals surface area (Å²) in [4.78, 5) is 12.4. The highest BCUT2D eigenvalue weighted by Crippen LogP contribution is 2.45. The second kappa shape index (κ2) is 5.36. The molecular formula is C20H13FO2. The number of hydrogen-bond acceptors (Lipinski definition) is 2. The Morgan fingerprint density at radius 1 is 0.783 bits per heavy atom. The molecule has 23 heavy (non-hydrogen) atoms. The summed E-state index contributed by atoms with van der Waals surface area (Å²) in [5.41, 5.74) is 3.91. The van der Waals surface area contributed by atoms with Gasteiger partial charge in [0.1, 0.15) is 5.82 Å². The van der Waals surface area contributed by atoms with Crippen LogP contribution in [0, 0.1) is 5.82 Å². The van der Waals surface area contributed by atoms with Gasteiger partial charge in [-0.2, -0.15) is 0 Å². The molecule has 3 aromatic carbocycles. The Morgan fingerprint density at radius 2 is 1.30 bits per heavy atom. The molecule has 0 atom stereocenters. The third-order valence-electron chi connectivity index (χ3n) is 4.10.